The highest BCUT2D eigenvalue weighted by Crippen LogP contribution is 2.26. The molecule has 1 fully saturated rings. The highest BCUT2D eigenvalue weighted by molar-refractivity contribution is 5.95. The van der Waals surface area contributed by atoms with E-state index in [0.29, 0.717) is 30.5 Å². The second-order valence-corrected chi connectivity index (χ2v) is 7.71. The lowest BCUT2D eigenvalue weighted by Crippen LogP contribution is -2.39. The van der Waals surface area contributed by atoms with Gasteiger partial charge in [0.05, 0.1) is 12.2 Å². The van der Waals surface area contributed by atoms with Gasteiger partial charge in [-0.3, -0.25) is 4.79 Å². The van der Waals surface area contributed by atoms with Gasteiger partial charge in [0, 0.05) is 24.2 Å². The molecule has 5 rings (SSSR count). The van der Waals surface area contributed by atoms with Crippen LogP contribution in [-0.4, -0.2) is 49.0 Å². The van der Waals surface area contributed by atoms with E-state index >= 15 is 0 Å². The molecule has 3 heterocycles. The van der Waals surface area contributed by atoms with Crippen LogP contribution in [0.25, 0.3) is 23.0 Å². The van der Waals surface area contributed by atoms with E-state index in [0.717, 1.165) is 29.5 Å². The van der Waals surface area contributed by atoms with Crippen LogP contribution in [0, 0.1) is 6.92 Å². The first-order chi connectivity index (χ1) is 15.2. The Kier molecular flexibility index (Phi) is 5.03. The smallest absolute Gasteiger partial charge is 0.280 e. The number of aryl methyl sites for hydroxylation is 1. The van der Waals surface area contributed by atoms with Crippen molar-refractivity contribution in [1.29, 1.82) is 0 Å². The fourth-order valence-electron chi connectivity index (χ4n) is 3.90. The molecule has 2 aromatic carbocycles. The van der Waals surface area contributed by atoms with Gasteiger partial charge in [-0.2, -0.15) is 4.98 Å². The minimum Gasteiger partial charge on any atom is -0.338 e. The number of aromatic nitrogens is 5. The normalized spacial score (nSPS) is 14.7. The number of rotatable bonds is 4. The van der Waals surface area contributed by atoms with Gasteiger partial charge in [0.1, 0.15) is 0 Å². The summed E-state index contributed by atoms with van der Waals surface area (Å²) in [5.41, 5.74) is 3.21. The van der Waals surface area contributed by atoms with E-state index in [2.05, 4.69) is 20.5 Å². The molecule has 0 atom stereocenters. The van der Waals surface area contributed by atoms with E-state index in [1.165, 1.54) is 0 Å². The van der Waals surface area contributed by atoms with Gasteiger partial charge < -0.3 is 9.42 Å². The molecule has 8 heteroatoms. The number of hydrogen-bond donors (Lipinski definition) is 0. The molecule has 0 aliphatic carbocycles. The summed E-state index contributed by atoms with van der Waals surface area (Å²) in [7, 11) is 0. The van der Waals surface area contributed by atoms with E-state index in [9.17, 15) is 4.79 Å². The Morgan fingerprint density at radius 1 is 1.03 bits per heavy atom. The maximum absolute atomic E-state index is 12.8. The lowest BCUT2D eigenvalue weighted by Gasteiger charge is -2.32. The molecule has 1 amide bonds. The highest BCUT2D eigenvalue weighted by Gasteiger charge is 2.26. The molecule has 0 bridgehead atoms. The molecule has 0 unspecified atom stereocenters. The van der Waals surface area contributed by atoms with Crippen LogP contribution in [-0.2, 0) is 0 Å². The average molecular weight is 414 g/mol. The second kappa shape index (κ2) is 8.14. The Hall–Kier alpha value is -3.81. The van der Waals surface area contributed by atoms with Crippen molar-refractivity contribution in [2.75, 3.05) is 13.1 Å². The molecule has 8 nitrogen and oxygen atoms in total. The Morgan fingerprint density at radius 3 is 2.55 bits per heavy atom. The summed E-state index contributed by atoms with van der Waals surface area (Å²) < 4.78 is 7.23. The van der Waals surface area contributed by atoms with Gasteiger partial charge >= 0.3 is 0 Å². The molecule has 0 N–H and O–H groups in total. The molecule has 156 valence electrons. The topological polar surface area (TPSA) is 89.9 Å². The van der Waals surface area contributed by atoms with Crippen LogP contribution in [0.5, 0.6) is 0 Å². The predicted octanol–water partition coefficient (Wildman–Crippen LogP) is 3.78. The maximum Gasteiger partial charge on any atom is 0.280 e. The third-order valence-electron chi connectivity index (χ3n) is 5.69. The number of nitrogens with zero attached hydrogens (tertiary/aromatic N) is 6. The average Bonchev–Trinajstić information content (AvgIpc) is 3.50. The lowest BCUT2D eigenvalue weighted by molar-refractivity contribution is 0.0688. The number of carbonyl (C=O) groups is 1. The minimum absolute atomic E-state index is 0.0927. The summed E-state index contributed by atoms with van der Waals surface area (Å²) >= 11 is 0. The molecule has 1 aliphatic rings. The molecule has 0 spiro atoms. The summed E-state index contributed by atoms with van der Waals surface area (Å²) in [5.74, 6) is 0.959. The van der Waals surface area contributed by atoms with E-state index in [1.807, 2.05) is 77.3 Å². The summed E-state index contributed by atoms with van der Waals surface area (Å²) in [5, 5.41) is 12.5. The summed E-state index contributed by atoms with van der Waals surface area (Å²) in [6.45, 7) is 3.34. The highest BCUT2D eigenvalue weighted by atomic mass is 16.5. The monoisotopic (exact) mass is 414 g/mol. The first-order valence-corrected chi connectivity index (χ1v) is 10.4. The van der Waals surface area contributed by atoms with Gasteiger partial charge in [0.2, 0.25) is 5.82 Å². The van der Waals surface area contributed by atoms with Crippen LogP contribution < -0.4 is 0 Å². The number of hydrogen-bond acceptors (Lipinski definition) is 6. The first kappa shape index (κ1) is 19.2. The van der Waals surface area contributed by atoms with Crippen LogP contribution in [0.2, 0.25) is 0 Å². The van der Waals surface area contributed by atoms with Crippen LogP contribution in [0.3, 0.4) is 0 Å². The van der Waals surface area contributed by atoms with E-state index < -0.39 is 0 Å². The largest absolute Gasteiger partial charge is 0.338 e. The summed E-state index contributed by atoms with van der Waals surface area (Å²) in [6, 6.07) is 17.6. The second-order valence-electron chi connectivity index (χ2n) is 7.71. The van der Waals surface area contributed by atoms with Crippen molar-refractivity contribution >= 4 is 5.91 Å². The van der Waals surface area contributed by atoms with Crippen molar-refractivity contribution in [2.45, 2.75) is 25.8 Å². The van der Waals surface area contributed by atoms with Crippen LogP contribution >= 0.6 is 0 Å². The van der Waals surface area contributed by atoms with Crippen LogP contribution in [0.1, 0.15) is 34.8 Å². The molecular weight excluding hydrogens is 392 g/mol. The molecule has 4 aromatic rings. The first-order valence-electron chi connectivity index (χ1n) is 10.4. The summed E-state index contributed by atoms with van der Waals surface area (Å²) in [4.78, 5) is 19.2. The maximum atomic E-state index is 12.8. The van der Waals surface area contributed by atoms with Gasteiger partial charge in [0.25, 0.3) is 11.8 Å². The van der Waals surface area contributed by atoms with E-state index in [-0.39, 0.29) is 11.9 Å². The number of amides is 1. The number of carbonyl (C=O) groups excluding carboxylic acids is 1. The Morgan fingerprint density at radius 2 is 1.77 bits per heavy atom. The minimum atomic E-state index is 0.0927. The quantitative estimate of drug-likeness (QED) is 0.505. The molecule has 0 radical (unpaired) electrons. The van der Waals surface area contributed by atoms with Gasteiger partial charge in [-0.05, 0) is 31.4 Å². The zero-order chi connectivity index (χ0) is 21.2. The van der Waals surface area contributed by atoms with Crippen LogP contribution in [0.15, 0.2) is 65.3 Å². The SMILES string of the molecule is Cc1ccccc1C(=O)N1CCC(n2cc(-c3nc(-c4ccccc4)no3)nn2)CC1. The number of likely N-dealkylation sites (tertiary alicyclic amines) is 1. The van der Waals surface area contributed by atoms with Gasteiger partial charge in [-0.15, -0.1) is 5.10 Å². The van der Waals surface area contributed by atoms with Crippen molar-refractivity contribution < 1.29 is 9.32 Å². The van der Waals surface area contributed by atoms with Gasteiger partial charge in [-0.1, -0.05) is 58.9 Å². The van der Waals surface area contributed by atoms with Crippen molar-refractivity contribution in [3.05, 3.63) is 71.9 Å². The van der Waals surface area contributed by atoms with E-state index in [4.69, 9.17) is 4.52 Å². The predicted molar refractivity (Wildman–Crippen MR) is 114 cm³/mol. The van der Waals surface area contributed by atoms with E-state index in [1.54, 1.807) is 0 Å². The molecule has 0 saturated carbocycles. The molecular formula is C23H22N6O2. The summed E-state index contributed by atoms with van der Waals surface area (Å²) in [6.07, 6.45) is 3.48. The third-order valence-corrected chi connectivity index (χ3v) is 5.69. The van der Waals surface area contributed by atoms with Crippen molar-refractivity contribution in [1.82, 2.24) is 30.0 Å². The number of benzene rings is 2. The molecule has 1 aliphatic heterocycles. The standard InChI is InChI=1S/C23H22N6O2/c1-16-7-5-6-10-19(16)23(30)28-13-11-18(12-14-28)29-15-20(25-27-29)22-24-21(26-31-22)17-8-3-2-4-9-17/h2-10,15,18H,11-14H2,1H3. The Bertz CT molecular complexity index is 1190. The van der Waals surface area contributed by atoms with Crippen molar-refractivity contribution in [3.8, 4) is 23.0 Å². The molecule has 1 saturated heterocycles. The third kappa shape index (κ3) is 3.84. The van der Waals surface area contributed by atoms with Crippen molar-refractivity contribution in [2.24, 2.45) is 0 Å². The Labute approximate surface area is 179 Å². The van der Waals surface area contributed by atoms with Crippen molar-refractivity contribution in [3.63, 3.8) is 0 Å². The fraction of sp³-hybridized carbons (Fsp3) is 0.261. The molecule has 2 aromatic heterocycles. The Balaban J connectivity index is 1.25. The van der Waals surface area contributed by atoms with Crippen LogP contribution in [0.4, 0.5) is 0 Å². The zero-order valence-corrected chi connectivity index (χ0v) is 17.2. The lowest BCUT2D eigenvalue weighted by atomic mass is 10.0. The molecule has 31 heavy (non-hydrogen) atoms. The fourth-order valence-corrected chi connectivity index (χ4v) is 3.90. The van der Waals surface area contributed by atoms with Gasteiger partial charge in [0.15, 0.2) is 5.69 Å². The number of piperidine rings is 1. The zero-order valence-electron chi connectivity index (χ0n) is 17.2. The van der Waals surface area contributed by atoms with Gasteiger partial charge in [-0.25, -0.2) is 4.68 Å².